The number of aromatic amines is 1. The van der Waals surface area contributed by atoms with Crippen molar-refractivity contribution in [3.05, 3.63) is 30.0 Å². The fourth-order valence-corrected chi connectivity index (χ4v) is 1.39. The van der Waals surface area contributed by atoms with E-state index in [1.807, 2.05) is 31.2 Å². The standard InChI is InChI=1S/C11H12N4O2/c1-2-17-7-12-15-11(16)10-8-5-3-4-6-9(8)13-14-10/h3-7H,2H2,1H3,(H,13,14)(H,15,16)/b12-7+. The van der Waals surface area contributed by atoms with Gasteiger partial charge in [-0.15, -0.1) is 5.10 Å². The number of hydrogen-bond donors (Lipinski definition) is 2. The number of hydrogen-bond acceptors (Lipinski definition) is 4. The van der Waals surface area contributed by atoms with Crippen LogP contribution in [0.2, 0.25) is 0 Å². The summed E-state index contributed by atoms with van der Waals surface area (Å²) in [7, 11) is 0. The zero-order chi connectivity index (χ0) is 12.1. The minimum Gasteiger partial charge on any atom is -0.482 e. The average Bonchev–Trinajstić information content (AvgIpc) is 2.78. The number of ether oxygens (including phenoxy) is 1. The zero-order valence-electron chi connectivity index (χ0n) is 9.30. The maximum atomic E-state index is 11.7. The summed E-state index contributed by atoms with van der Waals surface area (Å²) in [5, 5.41) is 11.1. The van der Waals surface area contributed by atoms with Crippen molar-refractivity contribution in [3.8, 4) is 0 Å². The number of para-hydroxylation sites is 1. The predicted molar refractivity (Wildman–Crippen MR) is 63.7 cm³/mol. The van der Waals surface area contributed by atoms with Gasteiger partial charge in [0.25, 0.3) is 5.91 Å². The Labute approximate surface area is 97.7 Å². The Morgan fingerprint density at radius 2 is 2.41 bits per heavy atom. The number of aromatic nitrogens is 2. The van der Waals surface area contributed by atoms with Crippen molar-refractivity contribution in [2.24, 2.45) is 5.10 Å². The fourth-order valence-electron chi connectivity index (χ4n) is 1.39. The first-order valence-corrected chi connectivity index (χ1v) is 5.19. The van der Waals surface area contributed by atoms with Gasteiger partial charge in [-0.1, -0.05) is 18.2 Å². The SMILES string of the molecule is CCO/C=N/NC(=O)c1n[nH]c2ccccc12. The Hall–Kier alpha value is -2.37. The number of carbonyl (C=O) groups is 1. The lowest BCUT2D eigenvalue weighted by Gasteiger charge is -1.96. The third-order valence-corrected chi connectivity index (χ3v) is 2.15. The minimum atomic E-state index is -0.376. The van der Waals surface area contributed by atoms with E-state index in [2.05, 4.69) is 20.7 Å². The lowest BCUT2D eigenvalue weighted by Crippen LogP contribution is -2.18. The molecule has 0 aliphatic rings. The fraction of sp³-hybridized carbons (Fsp3) is 0.182. The summed E-state index contributed by atoms with van der Waals surface area (Å²) in [6.45, 7) is 2.33. The van der Waals surface area contributed by atoms with E-state index in [4.69, 9.17) is 4.74 Å². The van der Waals surface area contributed by atoms with Crippen molar-refractivity contribution in [2.75, 3.05) is 6.61 Å². The molecule has 2 aromatic rings. The van der Waals surface area contributed by atoms with E-state index in [1.54, 1.807) is 0 Å². The number of benzene rings is 1. The highest BCUT2D eigenvalue weighted by atomic mass is 16.5. The number of hydrazone groups is 1. The van der Waals surface area contributed by atoms with E-state index >= 15 is 0 Å². The van der Waals surface area contributed by atoms with E-state index in [0.717, 1.165) is 10.9 Å². The summed E-state index contributed by atoms with van der Waals surface area (Å²) in [5.74, 6) is -0.376. The second kappa shape index (κ2) is 5.11. The molecule has 0 aliphatic heterocycles. The molecule has 88 valence electrons. The van der Waals surface area contributed by atoms with E-state index in [0.29, 0.717) is 12.3 Å². The molecule has 0 fully saturated rings. The number of rotatable bonds is 4. The van der Waals surface area contributed by atoms with Gasteiger partial charge in [0, 0.05) is 5.39 Å². The van der Waals surface area contributed by atoms with Crippen molar-refractivity contribution in [1.82, 2.24) is 15.6 Å². The van der Waals surface area contributed by atoms with Gasteiger partial charge >= 0.3 is 0 Å². The van der Waals surface area contributed by atoms with Crippen LogP contribution in [0.1, 0.15) is 17.4 Å². The molecule has 6 heteroatoms. The molecule has 1 heterocycles. The molecule has 0 spiro atoms. The summed E-state index contributed by atoms with van der Waals surface area (Å²) in [5.41, 5.74) is 3.46. The van der Waals surface area contributed by atoms with Crippen molar-refractivity contribution in [1.29, 1.82) is 0 Å². The van der Waals surface area contributed by atoms with Crippen molar-refractivity contribution >= 4 is 23.2 Å². The quantitative estimate of drug-likeness (QED) is 0.473. The number of nitrogens with zero attached hydrogens (tertiary/aromatic N) is 2. The highest BCUT2D eigenvalue weighted by molar-refractivity contribution is 6.04. The van der Waals surface area contributed by atoms with Gasteiger partial charge in [-0.2, -0.15) is 5.10 Å². The topological polar surface area (TPSA) is 79.4 Å². The monoisotopic (exact) mass is 232 g/mol. The Morgan fingerprint density at radius 1 is 1.59 bits per heavy atom. The maximum Gasteiger partial charge on any atom is 0.292 e. The molecule has 17 heavy (non-hydrogen) atoms. The van der Waals surface area contributed by atoms with Gasteiger partial charge in [-0.25, -0.2) is 5.43 Å². The Kier molecular flexibility index (Phi) is 3.34. The first-order valence-electron chi connectivity index (χ1n) is 5.19. The van der Waals surface area contributed by atoms with E-state index in [-0.39, 0.29) is 5.91 Å². The van der Waals surface area contributed by atoms with Gasteiger partial charge in [-0.05, 0) is 13.0 Å². The van der Waals surface area contributed by atoms with Gasteiger partial charge in [-0.3, -0.25) is 9.89 Å². The number of amides is 1. The molecule has 0 saturated carbocycles. The smallest absolute Gasteiger partial charge is 0.292 e. The van der Waals surface area contributed by atoms with Gasteiger partial charge in [0.1, 0.15) is 0 Å². The van der Waals surface area contributed by atoms with E-state index in [9.17, 15) is 4.79 Å². The molecule has 0 atom stereocenters. The lowest BCUT2D eigenvalue weighted by atomic mass is 10.2. The minimum absolute atomic E-state index is 0.314. The molecule has 0 unspecified atom stereocenters. The van der Waals surface area contributed by atoms with Crippen LogP contribution in [0.3, 0.4) is 0 Å². The van der Waals surface area contributed by atoms with Crippen LogP contribution < -0.4 is 5.43 Å². The maximum absolute atomic E-state index is 11.7. The van der Waals surface area contributed by atoms with Crippen LogP contribution in [0, 0.1) is 0 Å². The second-order valence-electron chi connectivity index (χ2n) is 3.25. The van der Waals surface area contributed by atoms with Crippen LogP contribution in [0.4, 0.5) is 0 Å². The molecule has 6 nitrogen and oxygen atoms in total. The molecule has 1 aromatic carbocycles. The molecular formula is C11H12N4O2. The van der Waals surface area contributed by atoms with Gasteiger partial charge in [0.2, 0.25) is 0 Å². The lowest BCUT2D eigenvalue weighted by molar-refractivity contribution is 0.0950. The van der Waals surface area contributed by atoms with Gasteiger partial charge in [0.05, 0.1) is 12.1 Å². The summed E-state index contributed by atoms with van der Waals surface area (Å²) in [6.07, 6.45) is 1.19. The van der Waals surface area contributed by atoms with Crippen molar-refractivity contribution in [3.63, 3.8) is 0 Å². The van der Waals surface area contributed by atoms with Crippen LogP contribution in [-0.4, -0.2) is 29.1 Å². The Balaban J connectivity index is 2.14. The predicted octanol–water partition coefficient (Wildman–Crippen LogP) is 1.27. The summed E-state index contributed by atoms with van der Waals surface area (Å²) >= 11 is 0. The number of carbonyl (C=O) groups excluding carboxylic acids is 1. The van der Waals surface area contributed by atoms with Gasteiger partial charge in [0.15, 0.2) is 12.1 Å². The van der Waals surface area contributed by atoms with Gasteiger partial charge < -0.3 is 4.74 Å². The van der Waals surface area contributed by atoms with Crippen molar-refractivity contribution < 1.29 is 9.53 Å². The van der Waals surface area contributed by atoms with Crippen molar-refractivity contribution in [2.45, 2.75) is 6.92 Å². The molecular weight excluding hydrogens is 220 g/mol. The van der Waals surface area contributed by atoms with Crippen LogP contribution in [0.5, 0.6) is 0 Å². The Morgan fingerprint density at radius 3 is 3.24 bits per heavy atom. The number of fused-ring (bicyclic) bond motifs is 1. The first kappa shape index (κ1) is 11.1. The number of nitrogens with one attached hydrogen (secondary N) is 2. The highest BCUT2D eigenvalue weighted by Gasteiger charge is 2.12. The highest BCUT2D eigenvalue weighted by Crippen LogP contribution is 2.14. The summed E-state index contributed by atoms with van der Waals surface area (Å²) < 4.78 is 4.85. The van der Waals surface area contributed by atoms with E-state index < -0.39 is 0 Å². The normalized spacial score (nSPS) is 10.9. The first-order chi connectivity index (χ1) is 8.33. The molecule has 1 amide bonds. The average molecular weight is 232 g/mol. The van der Waals surface area contributed by atoms with Crippen LogP contribution in [0.25, 0.3) is 10.9 Å². The largest absolute Gasteiger partial charge is 0.482 e. The third-order valence-electron chi connectivity index (χ3n) is 2.15. The number of H-pyrrole nitrogens is 1. The molecule has 2 N–H and O–H groups in total. The van der Waals surface area contributed by atoms with Crippen LogP contribution in [0.15, 0.2) is 29.4 Å². The van der Waals surface area contributed by atoms with Crippen LogP contribution in [-0.2, 0) is 4.74 Å². The van der Waals surface area contributed by atoms with E-state index in [1.165, 1.54) is 6.40 Å². The molecule has 0 aliphatic carbocycles. The zero-order valence-corrected chi connectivity index (χ0v) is 9.30. The van der Waals surface area contributed by atoms with Crippen LogP contribution >= 0.6 is 0 Å². The summed E-state index contributed by atoms with van der Waals surface area (Å²) in [6, 6.07) is 7.39. The third kappa shape index (κ3) is 2.41. The molecule has 0 radical (unpaired) electrons. The molecule has 0 saturated heterocycles. The molecule has 1 aromatic heterocycles. The Bertz CT molecular complexity index is 547. The molecule has 2 rings (SSSR count). The summed E-state index contributed by atoms with van der Waals surface area (Å²) in [4.78, 5) is 11.7. The molecule has 0 bridgehead atoms. The second-order valence-corrected chi connectivity index (χ2v) is 3.25.